The maximum Gasteiger partial charge on any atom is 0.252 e. The Labute approximate surface area is 188 Å². The number of nitrogens with one attached hydrogen (secondary N) is 2. The van der Waals surface area contributed by atoms with Gasteiger partial charge in [-0.2, -0.15) is 0 Å². The van der Waals surface area contributed by atoms with Crippen LogP contribution in [0.1, 0.15) is 60.9 Å². The van der Waals surface area contributed by atoms with Crippen LogP contribution < -0.4 is 10.6 Å². The zero-order valence-electron chi connectivity index (χ0n) is 17.9. The number of benzene rings is 2. The molecule has 1 fully saturated rings. The second-order valence-corrected chi connectivity index (χ2v) is 9.01. The van der Waals surface area contributed by atoms with Crippen molar-refractivity contribution in [2.45, 2.75) is 62.3 Å². The molecule has 2 aromatic rings. The molecule has 2 N–H and O–H groups in total. The van der Waals surface area contributed by atoms with E-state index in [1.165, 1.54) is 49.9 Å². The molecule has 31 heavy (non-hydrogen) atoms. The van der Waals surface area contributed by atoms with Gasteiger partial charge in [0, 0.05) is 17.5 Å². The van der Waals surface area contributed by atoms with Crippen LogP contribution in [0.5, 0.6) is 0 Å². The Morgan fingerprint density at radius 3 is 2.39 bits per heavy atom. The molecule has 3 rings (SSSR count). The highest BCUT2D eigenvalue weighted by atomic mass is 32.2. The summed E-state index contributed by atoms with van der Waals surface area (Å²) in [4.78, 5) is 25.9. The highest BCUT2D eigenvalue weighted by Gasteiger charge is 2.16. The maximum atomic E-state index is 13.7. The van der Waals surface area contributed by atoms with Crippen LogP contribution in [0.2, 0.25) is 0 Å². The molecular formula is C25H31FN2O2S. The third-order valence-corrected chi connectivity index (χ3v) is 6.67. The van der Waals surface area contributed by atoms with Crippen molar-refractivity contribution in [1.29, 1.82) is 0 Å². The molecule has 2 amide bonds. The lowest BCUT2D eigenvalue weighted by molar-refractivity contribution is -0.119. The van der Waals surface area contributed by atoms with Crippen molar-refractivity contribution in [2.75, 3.05) is 12.3 Å². The van der Waals surface area contributed by atoms with Crippen molar-refractivity contribution < 1.29 is 14.0 Å². The molecular weight excluding hydrogens is 411 g/mol. The molecule has 0 aromatic heterocycles. The third kappa shape index (κ3) is 7.69. The van der Waals surface area contributed by atoms with Crippen LogP contribution in [0.15, 0.2) is 53.4 Å². The van der Waals surface area contributed by atoms with E-state index >= 15 is 0 Å². The summed E-state index contributed by atoms with van der Waals surface area (Å²) in [6.07, 6.45) is 8.69. The highest BCUT2D eigenvalue weighted by molar-refractivity contribution is 8.00. The first-order chi connectivity index (χ1) is 15.1. The minimum absolute atomic E-state index is 0.0188. The summed E-state index contributed by atoms with van der Waals surface area (Å²) in [5.41, 5.74) is 1.12. The van der Waals surface area contributed by atoms with E-state index in [0.29, 0.717) is 24.1 Å². The fourth-order valence-corrected chi connectivity index (χ4v) is 4.76. The molecule has 0 unspecified atom stereocenters. The van der Waals surface area contributed by atoms with E-state index in [0.717, 1.165) is 17.7 Å². The molecule has 0 atom stereocenters. The third-order valence-electron chi connectivity index (χ3n) is 5.60. The second-order valence-electron chi connectivity index (χ2n) is 7.99. The van der Waals surface area contributed by atoms with Gasteiger partial charge in [0.05, 0.1) is 11.3 Å². The van der Waals surface area contributed by atoms with Gasteiger partial charge >= 0.3 is 0 Å². The Morgan fingerprint density at radius 1 is 0.935 bits per heavy atom. The lowest BCUT2D eigenvalue weighted by Crippen LogP contribution is -2.36. The number of hydrogen-bond acceptors (Lipinski definition) is 3. The topological polar surface area (TPSA) is 58.2 Å². The van der Waals surface area contributed by atoms with Crippen LogP contribution in [-0.2, 0) is 11.2 Å². The van der Waals surface area contributed by atoms with Gasteiger partial charge in [0.2, 0.25) is 5.91 Å². The molecule has 0 spiro atoms. The first-order valence-corrected chi connectivity index (χ1v) is 12.1. The van der Waals surface area contributed by atoms with Crippen molar-refractivity contribution in [1.82, 2.24) is 10.6 Å². The van der Waals surface area contributed by atoms with Crippen molar-refractivity contribution >= 4 is 23.6 Å². The predicted octanol–water partition coefficient (Wildman–Crippen LogP) is 5.12. The summed E-state index contributed by atoms with van der Waals surface area (Å²) in [5, 5.41) is 6.03. The summed E-state index contributed by atoms with van der Waals surface area (Å²) >= 11 is 1.38. The van der Waals surface area contributed by atoms with Gasteiger partial charge in [0.15, 0.2) is 0 Å². The standard InChI is InChI=1S/C25H31FN2O2S/c26-22-14-8-6-10-19(22)16-17-27-25(30)21-13-7-9-15-23(21)31-18-24(29)28-20-11-4-2-1-3-5-12-20/h6-10,13-15,20H,1-5,11-12,16-18H2,(H,27,30)(H,28,29). The number of rotatable bonds is 8. The van der Waals surface area contributed by atoms with Crippen LogP contribution in [0.3, 0.4) is 0 Å². The van der Waals surface area contributed by atoms with Gasteiger partial charge < -0.3 is 10.6 Å². The van der Waals surface area contributed by atoms with Crippen LogP contribution in [-0.4, -0.2) is 30.2 Å². The molecule has 4 nitrogen and oxygen atoms in total. The highest BCUT2D eigenvalue weighted by Crippen LogP contribution is 2.23. The Morgan fingerprint density at radius 2 is 1.61 bits per heavy atom. The molecule has 1 aliphatic rings. The fourth-order valence-electron chi connectivity index (χ4n) is 3.90. The van der Waals surface area contributed by atoms with E-state index in [-0.39, 0.29) is 29.4 Å². The lowest BCUT2D eigenvalue weighted by atomic mass is 9.97. The Bertz CT molecular complexity index is 866. The molecule has 1 aliphatic carbocycles. The van der Waals surface area contributed by atoms with Crippen molar-refractivity contribution in [3.8, 4) is 0 Å². The van der Waals surface area contributed by atoms with Crippen molar-refractivity contribution in [3.05, 3.63) is 65.5 Å². The van der Waals surface area contributed by atoms with Gasteiger partial charge in [-0.25, -0.2) is 4.39 Å². The second kappa shape index (κ2) is 12.5. The molecule has 166 valence electrons. The normalized spacial score (nSPS) is 15.0. The van der Waals surface area contributed by atoms with Crippen LogP contribution in [0.25, 0.3) is 0 Å². The monoisotopic (exact) mass is 442 g/mol. The van der Waals surface area contributed by atoms with E-state index in [4.69, 9.17) is 0 Å². The SMILES string of the molecule is O=C(CSc1ccccc1C(=O)NCCc1ccccc1F)NC1CCCCCCC1. The van der Waals surface area contributed by atoms with Crippen LogP contribution >= 0.6 is 11.8 Å². The molecule has 0 bridgehead atoms. The largest absolute Gasteiger partial charge is 0.353 e. The first kappa shape index (κ1) is 23.3. The summed E-state index contributed by atoms with van der Waals surface area (Å²) in [6, 6.07) is 14.1. The number of hydrogen-bond donors (Lipinski definition) is 2. The van der Waals surface area contributed by atoms with Gasteiger partial charge in [-0.15, -0.1) is 11.8 Å². The molecule has 0 saturated heterocycles. The lowest BCUT2D eigenvalue weighted by Gasteiger charge is -2.21. The molecule has 2 aromatic carbocycles. The van der Waals surface area contributed by atoms with Crippen LogP contribution in [0.4, 0.5) is 4.39 Å². The number of halogens is 1. The van der Waals surface area contributed by atoms with Gasteiger partial charge in [-0.1, -0.05) is 62.4 Å². The summed E-state index contributed by atoms with van der Waals surface area (Å²) in [7, 11) is 0. The zero-order chi connectivity index (χ0) is 21.9. The predicted molar refractivity (Wildman–Crippen MR) is 124 cm³/mol. The molecule has 0 aliphatic heterocycles. The number of amides is 2. The average molecular weight is 443 g/mol. The Balaban J connectivity index is 1.49. The van der Waals surface area contributed by atoms with E-state index in [1.807, 2.05) is 18.2 Å². The summed E-state index contributed by atoms with van der Waals surface area (Å²) in [5.74, 6) is -0.163. The van der Waals surface area contributed by atoms with E-state index in [1.54, 1.807) is 24.3 Å². The fraction of sp³-hybridized carbons (Fsp3) is 0.440. The maximum absolute atomic E-state index is 13.7. The zero-order valence-corrected chi connectivity index (χ0v) is 18.7. The molecule has 0 heterocycles. The smallest absolute Gasteiger partial charge is 0.252 e. The molecule has 6 heteroatoms. The quantitative estimate of drug-likeness (QED) is 0.558. The number of carbonyl (C=O) groups excluding carboxylic acids is 2. The molecule has 0 radical (unpaired) electrons. The number of thioether (sulfide) groups is 1. The van der Waals surface area contributed by atoms with Gasteiger partial charge in [-0.05, 0) is 43.0 Å². The minimum atomic E-state index is -0.261. The van der Waals surface area contributed by atoms with E-state index in [9.17, 15) is 14.0 Å². The Hall–Kier alpha value is -2.34. The van der Waals surface area contributed by atoms with Gasteiger partial charge in [0.25, 0.3) is 5.91 Å². The van der Waals surface area contributed by atoms with Crippen LogP contribution in [0, 0.1) is 5.82 Å². The minimum Gasteiger partial charge on any atom is -0.353 e. The molecule has 1 saturated carbocycles. The van der Waals surface area contributed by atoms with Crippen molar-refractivity contribution in [2.24, 2.45) is 0 Å². The van der Waals surface area contributed by atoms with Gasteiger partial charge in [-0.3, -0.25) is 9.59 Å². The van der Waals surface area contributed by atoms with Gasteiger partial charge in [0.1, 0.15) is 5.82 Å². The number of carbonyl (C=O) groups is 2. The van der Waals surface area contributed by atoms with Crippen molar-refractivity contribution in [3.63, 3.8) is 0 Å². The first-order valence-electron chi connectivity index (χ1n) is 11.2. The van der Waals surface area contributed by atoms with E-state index < -0.39 is 0 Å². The Kier molecular flexibility index (Phi) is 9.40. The summed E-state index contributed by atoms with van der Waals surface area (Å²) in [6.45, 7) is 0.348. The average Bonchev–Trinajstić information content (AvgIpc) is 2.75. The van der Waals surface area contributed by atoms with E-state index in [2.05, 4.69) is 10.6 Å². The summed E-state index contributed by atoms with van der Waals surface area (Å²) < 4.78 is 13.7.